The van der Waals surface area contributed by atoms with E-state index in [-0.39, 0.29) is 11.8 Å². The molecule has 2 amide bonds. The summed E-state index contributed by atoms with van der Waals surface area (Å²) >= 11 is 0. The highest BCUT2D eigenvalue weighted by atomic mass is 16.2. The fourth-order valence-electron chi connectivity index (χ4n) is 2.09. The first kappa shape index (κ1) is 13.6. The first-order valence-corrected chi connectivity index (χ1v) is 6.74. The van der Waals surface area contributed by atoms with Crippen molar-refractivity contribution in [1.82, 2.24) is 10.2 Å². The standard InChI is InChI=1S/C15H20N2O2/c1-12(18)17(14-7-8-14)10-9-15(19)16-11-13-5-3-2-4-6-13/h2-6,14H,7-11H2,1H3,(H,16,19). The molecular weight excluding hydrogens is 240 g/mol. The zero-order valence-electron chi connectivity index (χ0n) is 11.3. The molecule has 19 heavy (non-hydrogen) atoms. The molecule has 102 valence electrons. The van der Waals surface area contributed by atoms with Crippen molar-refractivity contribution in [3.05, 3.63) is 35.9 Å². The Balaban J connectivity index is 1.71. The molecule has 1 aromatic rings. The zero-order chi connectivity index (χ0) is 13.7. The third-order valence-electron chi connectivity index (χ3n) is 3.30. The Morgan fingerprint density at radius 2 is 1.95 bits per heavy atom. The van der Waals surface area contributed by atoms with Crippen molar-refractivity contribution >= 4 is 11.8 Å². The van der Waals surface area contributed by atoms with Gasteiger partial charge in [0, 0.05) is 32.5 Å². The molecule has 1 aliphatic carbocycles. The second-order valence-corrected chi connectivity index (χ2v) is 4.96. The molecule has 4 nitrogen and oxygen atoms in total. The average Bonchev–Trinajstić information content (AvgIpc) is 3.22. The van der Waals surface area contributed by atoms with Crippen LogP contribution in [0, 0.1) is 0 Å². The Labute approximate surface area is 113 Å². The van der Waals surface area contributed by atoms with Crippen LogP contribution in [0.1, 0.15) is 31.7 Å². The topological polar surface area (TPSA) is 49.4 Å². The molecule has 1 aliphatic rings. The molecule has 2 rings (SSSR count). The van der Waals surface area contributed by atoms with Crippen LogP contribution < -0.4 is 5.32 Å². The van der Waals surface area contributed by atoms with Gasteiger partial charge in [0.25, 0.3) is 0 Å². The fourth-order valence-corrected chi connectivity index (χ4v) is 2.09. The highest BCUT2D eigenvalue weighted by molar-refractivity contribution is 5.78. The third kappa shape index (κ3) is 4.39. The van der Waals surface area contributed by atoms with Crippen LogP contribution in [0.5, 0.6) is 0 Å². The largest absolute Gasteiger partial charge is 0.352 e. The van der Waals surface area contributed by atoms with Gasteiger partial charge in [0.1, 0.15) is 0 Å². The molecule has 0 radical (unpaired) electrons. The van der Waals surface area contributed by atoms with Crippen molar-refractivity contribution in [1.29, 1.82) is 0 Å². The number of amides is 2. The van der Waals surface area contributed by atoms with Crippen molar-refractivity contribution in [2.75, 3.05) is 6.54 Å². The summed E-state index contributed by atoms with van der Waals surface area (Å²) in [5.74, 6) is 0.0640. The molecule has 1 N–H and O–H groups in total. The maximum absolute atomic E-state index is 11.7. The number of benzene rings is 1. The van der Waals surface area contributed by atoms with Gasteiger partial charge in [-0.15, -0.1) is 0 Å². The fraction of sp³-hybridized carbons (Fsp3) is 0.467. The third-order valence-corrected chi connectivity index (χ3v) is 3.30. The summed E-state index contributed by atoms with van der Waals surface area (Å²) in [6.45, 7) is 2.64. The lowest BCUT2D eigenvalue weighted by atomic mass is 10.2. The molecule has 0 atom stereocenters. The normalized spacial score (nSPS) is 13.9. The van der Waals surface area contributed by atoms with Gasteiger partial charge in [0.15, 0.2) is 0 Å². The number of hydrogen-bond donors (Lipinski definition) is 1. The number of nitrogens with zero attached hydrogens (tertiary/aromatic N) is 1. The Kier molecular flexibility index (Phi) is 4.55. The molecule has 1 fully saturated rings. The molecule has 0 spiro atoms. The summed E-state index contributed by atoms with van der Waals surface area (Å²) in [5.41, 5.74) is 1.08. The molecular formula is C15H20N2O2. The van der Waals surface area contributed by atoms with Gasteiger partial charge in [-0.25, -0.2) is 0 Å². The van der Waals surface area contributed by atoms with E-state index in [4.69, 9.17) is 0 Å². The van der Waals surface area contributed by atoms with Crippen LogP contribution >= 0.6 is 0 Å². The maximum atomic E-state index is 11.7. The monoisotopic (exact) mass is 260 g/mol. The smallest absolute Gasteiger partial charge is 0.222 e. The Hall–Kier alpha value is -1.84. The summed E-state index contributed by atoms with van der Waals surface area (Å²) in [6, 6.07) is 10.2. The van der Waals surface area contributed by atoms with Crippen molar-refractivity contribution in [3.63, 3.8) is 0 Å². The Morgan fingerprint density at radius 3 is 2.53 bits per heavy atom. The Bertz CT molecular complexity index is 441. The molecule has 0 bridgehead atoms. The lowest BCUT2D eigenvalue weighted by Gasteiger charge is -2.20. The summed E-state index contributed by atoms with van der Waals surface area (Å²) < 4.78 is 0. The van der Waals surface area contributed by atoms with Gasteiger partial charge in [-0.3, -0.25) is 9.59 Å². The maximum Gasteiger partial charge on any atom is 0.222 e. The molecule has 0 unspecified atom stereocenters. The number of nitrogens with one attached hydrogen (secondary N) is 1. The molecule has 0 aromatic heterocycles. The van der Waals surface area contributed by atoms with E-state index in [0.717, 1.165) is 18.4 Å². The summed E-state index contributed by atoms with van der Waals surface area (Å²) in [4.78, 5) is 25.0. The van der Waals surface area contributed by atoms with Crippen molar-refractivity contribution in [3.8, 4) is 0 Å². The van der Waals surface area contributed by atoms with Crippen molar-refractivity contribution < 1.29 is 9.59 Å². The highest BCUT2D eigenvalue weighted by Crippen LogP contribution is 2.26. The number of carbonyl (C=O) groups is 2. The van der Waals surface area contributed by atoms with Gasteiger partial charge >= 0.3 is 0 Å². The first-order valence-electron chi connectivity index (χ1n) is 6.74. The van der Waals surface area contributed by atoms with Crippen molar-refractivity contribution in [2.24, 2.45) is 0 Å². The second-order valence-electron chi connectivity index (χ2n) is 4.96. The number of carbonyl (C=O) groups excluding carboxylic acids is 2. The SMILES string of the molecule is CC(=O)N(CCC(=O)NCc1ccccc1)C1CC1. The van der Waals surface area contributed by atoms with Gasteiger partial charge in [-0.05, 0) is 18.4 Å². The molecule has 1 aromatic carbocycles. The van der Waals surface area contributed by atoms with E-state index in [1.165, 1.54) is 0 Å². The van der Waals surface area contributed by atoms with E-state index in [1.54, 1.807) is 6.92 Å². The van der Waals surface area contributed by atoms with E-state index in [2.05, 4.69) is 5.32 Å². The molecule has 0 heterocycles. The predicted molar refractivity (Wildman–Crippen MR) is 73.3 cm³/mol. The molecule has 0 aliphatic heterocycles. The molecule has 1 saturated carbocycles. The minimum Gasteiger partial charge on any atom is -0.352 e. The second kappa shape index (κ2) is 6.36. The van der Waals surface area contributed by atoms with E-state index in [0.29, 0.717) is 25.6 Å². The lowest BCUT2D eigenvalue weighted by Crippen LogP contribution is -2.35. The van der Waals surface area contributed by atoms with E-state index < -0.39 is 0 Å². The number of hydrogen-bond acceptors (Lipinski definition) is 2. The van der Waals surface area contributed by atoms with E-state index in [9.17, 15) is 9.59 Å². The van der Waals surface area contributed by atoms with Crippen LogP contribution in [0.4, 0.5) is 0 Å². The van der Waals surface area contributed by atoms with Gasteiger partial charge in [-0.2, -0.15) is 0 Å². The van der Waals surface area contributed by atoms with Crippen LogP contribution in [-0.4, -0.2) is 29.3 Å². The summed E-state index contributed by atoms with van der Waals surface area (Å²) in [7, 11) is 0. The van der Waals surface area contributed by atoms with E-state index >= 15 is 0 Å². The van der Waals surface area contributed by atoms with Gasteiger partial charge in [0.05, 0.1) is 0 Å². The van der Waals surface area contributed by atoms with Crippen LogP contribution in [0.3, 0.4) is 0 Å². The van der Waals surface area contributed by atoms with Crippen LogP contribution in [0.25, 0.3) is 0 Å². The summed E-state index contributed by atoms with van der Waals surface area (Å²) in [6.07, 6.45) is 2.53. The highest BCUT2D eigenvalue weighted by Gasteiger charge is 2.30. The average molecular weight is 260 g/mol. The minimum absolute atomic E-state index is 0.00393. The first-order chi connectivity index (χ1) is 9.16. The predicted octanol–water partition coefficient (Wildman–Crippen LogP) is 1.70. The van der Waals surface area contributed by atoms with Crippen LogP contribution in [-0.2, 0) is 16.1 Å². The van der Waals surface area contributed by atoms with E-state index in [1.807, 2.05) is 35.2 Å². The van der Waals surface area contributed by atoms with Gasteiger partial charge in [-0.1, -0.05) is 30.3 Å². The van der Waals surface area contributed by atoms with Gasteiger partial charge < -0.3 is 10.2 Å². The van der Waals surface area contributed by atoms with Gasteiger partial charge in [0.2, 0.25) is 11.8 Å². The zero-order valence-corrected chi connectivity index (χ0v) is 11.3. The van der Waals surface area contributed by atoms with Crippen LogP contribution in [0.2, 0.25) is 0 Å². The molecule has 0 saturated heterocycles. The Morgan fingerprint density at radius 1 is 1.26 bits per heavy atom. The lowest BCUT2D eigenvalue weighted by molar-refractivity contribution is -0.130. The molecule has 4 heteroatoms. The number of rotatable bonds is 6. The minimum atomic E-state index is -0.00393. The van der Waals surface area contributed by atoms with Crippen molar-refractivity contribution in [2.45, 2.75) is 38.8 Å². The summed E-state index contributed by atoms with van der Waals surface area (Å²) in [5, 5.41) is 2.88. The quantitative estimate of drug-likeness (QED) is 0.846. The van der Waals surface area contributed by atoms with Crippen LogP contribution in [0.15, 0.2) is 30.3 Å².